The first-order chi connectivity index (χ1) is 6.91. The third-order valence-electron chi connectivity index (χ3n) is 1.69. The van der Waals surface area contributed by atoms with Crippen molar-refractivity contribution in [2.24, 2.45) is 5.73 Å². The predicted molar refractivity (Wildman–Crippen MR) is 51.9 cm³/mol. The van der Waals surface area contributed by atoms with E-state index < -0.39 is 11.9 Å². The van der Waals surface area contributed by atoms with Gasteiger partial charge in [-0.2, -0.15) is 13.2 Å². The Balaban J connectivity index is 3.08. The fraction of sp³-hybridized carbons (Fsp3) is 0.300. The van der Waals surface area contributed by atoms with E-state index in [-0.39, 0.29) is 11.6 Å². The molecule has 1 aromatic heterocycles. The number of hydrogen-bond donors (Lipinski definition) is 1. The van der Waals surface area contributed by atoms with E-state index in [1.165, 1.54) is 24.3 Å². The van der Waals surface area contributed by atoms with Gasteiger partial charge >= 0.3 is 6.18 Å². The molecule has 0 spiro atoms. The lowest BCUT2D eigenvalue weighted by Crippen LogP contribution is -2.12. The highest BCUT2D eigenvalue weighted by atomic mass is 19.4. The van der Waals surface area contributed by atoms with Crippen LogP contribution in [-0.4, -0.2) is 11.0 Å². The standard InChI is InChI=1S/C10H11F3N2/c1-7(14)4-5-8-3-2-6-15-9(8)10(11,12)13/h2-7H,14H2,1H3/b5-4+. The van der Waals surface area contributed by atoms with Gasteiger partial charge in [0, 0.05) is 17.8 Å². The molecule has 0 aromatic carbocycles. The minimum atomic E-state index is -4.43. The van der Waals surface area contributed by atoms with Crippen LogP contribution in [0, 0.1) is 0 Å². The molecule has 2 N–H and O–H groups in total. The number of rotatable bonds is 2. The van der Waals surface area contributed by atoms with Crippen LogP contribution in [0.3, 0.4) is 0 Å². The van der Waals surface area contributed by atoms with Crippen LogP contribution in [-0.2, 0) is 6.18 Å². The third kappa shape index (κ3) is 3.36. The molecule has 0 bridgehead atoms. The molecule has 82 valence electrons. The van der Waals surface area contributed by atoms with Crippen molar-refractivity contribution in [1.82, 2.24) is 4.98 Å². The molecule has 0 amide bonds. The van der Waals surface area contributed by atoms with Gasteiger partial charge in [0.15, 0.2) is 5.69 Å². The van der Waals surface area contributed by atoms with Gasteiger partial charge in [-0.15, -0.1) is 0 Å². The summed E-state index contributed by atoms with van der Waals surface area (Å²) in [7, 11) is 0. The number of alkyl halides is 3. The first-order valence-electron chi connectivity index (χ1n) is 4.37. The van der Waals surface area contributed by atoms with Gasteiger partial charge in [-0.1, -0.05) is 18.2 Å². The first-order valence-corrected chi connectivity index (χ1v) is 4.37. The molecular weight excluding hydrogens is 205 g/mol. The minimum Gasteiger partial charge on any atom is -0.325 e. The second-order valence-corrected chi connectivity index (χ2v) is 3.16. The van der Waals surface area contributed by atoms with Crippen molar-refractivity contribution < 1.29 is 13.2 Å². The van der Waals surface area contributed by atoms with Crippen LogP contribution in [0.2, 0.25) is 0 Å². The molecule has 1 aromatic rings. The Morgan fingerprint density at radius 3 is 2.67 bits per heavy atom. The summed E-state index contributed by atoms with van der Waals surface area (Å²) in [5.74, 6) is 0. The Hall–Kier alpha value is -1.36. The molecule has 0 radical (unpaired) electrons. The normalized spacial score (nSPS) is 14.5. The second kappa shape index (κ2) is 4.44. The van der Waals surface area contributed by atoms with Gasteiger partial charge in [0.2, 0.25) is 0 Å². The summed E-state index contributed by atoms with van der Waals surface area (Å²) in [5.41, 5.74) is 4.55. The zero-order valence-electron chi connectivity index (χ0n) is 8.12. The SMILES string of the molecule is CC(N)/C=C/c1cccnc1C(F)(F)F. The fourth-order valence-corrected chi connectivity index (χ4v) is 1.04. The second-order valence-electron chi connectivity index (χ2n) is 3.16. The minimum absolute atomic E-state index is 0.0299. The molecule has 1 heterocycles. The van der Waals surface area contributed by atoms with Crippen molar-refractivity contribution in [3.8, 4) is 0 Å². The van der Waals surface area contributed by atoms with Crippen molar-refractivity contribution in [3.05, 3.63) is 35.7 Å². The zero-order chi connectivity index (χ0) is 11.5. The number of nitrogens with two attached hydrogens (primary N) is 1. The maximum absolute atomic E-state index is 12.4. The maximum Gasteiger partial charge on any atom is 0.433 e. The number of halogens is 3. The Kier molecular flexibility index (Phi) is 3.47. The van der Waals surface area contributed by atoms with Crippen LogP contribution >= 0.6 is 0 Å². The molecule has 15 heavy (non-hydrogen) atoms. The van der Waals surface area contributed by atoms with Crippen molar-refractivity contribution in [1.29, 1.82) is 0 Å². The molecule has 1 unspecified atom stereocenters. The van der Waals surface area contributed by atoms with Crippen LogP contribution in [0.25, 0.3) is 6.08 Å². The van der Waals surface area contributed by atoms with E-state index in [1.807, 2.05) is 0 Å². The van der Waals surface area contributed by atoms with Gasteiger partial charge in [0.1, 0.15) is 0 Å². The quantitative estimate of drug-likeness (QED) is 0.824. The molecule has 0 fully saturated rings. The van der Waals surface area contributed by atoms with E-state index >= 15 is 0 Å². The van der Waals surface area contributed by atoms with Crippen LogP contribution < -0.4 is 5.73 Å². The van der Waals surface area contributed by atoms with Gasteiger partial charge in [0.05, 0.1) is 0 Å². The molecule has 2 nitrogen and oxygen atoms in total. The highest BCUT2D eigenvalue weighted by Crippen LogP contribution is 2.30. The summed E-state index contributed by atoms with van der Waals surface area (Å²) < 4.78 is 37.3. The van der Waals surface area contributed by atoms with Crippen molar-refractivity contribution in [2.75, 3.05) is 0 Å². The smallest absolute Gasteiger partial charge is 0.325 e. The lowest BCUT2D eigenvalue weighted by Gasteiger charge is -2.08. The Labute approximate surface area is 85.6 Å². The molecule has 0 saturated heterocycles. The summed E-state index contributed by atoms with van der Waals surface area (Å²) in [5, 5.41) is 0. The lowest BCUT2D eigenvalue weighted by atomic mass is 10.1. The predicted octanol–water partition coefficient (Wildman–Crippen LogP) is 2.46. The van der Waals surface area contributed by atoms with E-state index in [0.29, 0.717) is 0 Å². The number of aromatic nitrogens is 1. The highest BCUT2D eigenvalue weighted by Gasteiger charge is 2.34. The van der Waals surface area contributed by atoms with Gasteiger partial charge in [-0.3, -0.25) is 4.98 Å². The Morgan fingerprint density at radius 1 is 1.47 bits per heavy atom. The monoisotopic (exact) mass is 216 g/mol. The average Bonchev–Trinajstić information content (AvgIpc) is 2.13. The summed E-state index contributed by atoms with van der Waals surface area (Å²) in [6, 6.07) is 2.52. The topological polar surface area (TPSA) is 38.9 Å². The summed E-state index contributed by atoms with van der Waals surface area (Å²) in [6.07, 6.45) is -0.489. The van der Waals surface area contributed by atoms with E-state index in [1.54, 1.807) is 6.92 Å². The molecule has 0 aliphatic rings. The van der Waals surface area contributed by atoms with Crippen LogP contribution in [0.4, 0.5) is 13.2 Å². The fourth-order valence-electron chi connectivity index (χ4n) is 1.04. The highest BCUT2D eigenvalue weighted by molar-refractivity contribution is 5.52. The van der Waals surface area contributed by atoms with Gasteiger partial charge < -0.3 is 5.73 Å². The summed E-state index contributed by atoms with van der Waals surface area (Å²) in [4.78, 5) is 3.31. The number of hydrogen-bond acceptors (Lipinski definition) is 2. The van der Waals surface area contributed by atoms with E-state index in [2.05, 4.69) is 4.98 Å². The average molecular weight is 216 g/mol. The van der Waals surface area contributed by atoms with Crippen molar-refractivity contribution in [2.45, 2.75) is 19.1 Å². The molecule has 1 atom stereocenters. The lowest BCUT2D eigenvalue weighted by molar-refractivity contribution is -0.141. The van der Waals surface area contributed by atoms with Crippen LogP contribution in [0.5, 0.6) is 0 Å². The van der Waals surface area contributed by atoms with Gasteiger partial charge in [0.25, 0.3) is 0 Å². The molecular formula is C10H11F3N2. The zero-order valence-corrected chi connectivity index (χ0v) is 8.12. The summed E-state index contributed by atoms with van der Waals surface area (Å²) >= 11 is 0. The van der Waals surface area contributed by atoms with E-state index in [4.69, 9.17) is 5.73 Å². The van der Waals surface area contributed by atoms with E-state index in [9.17, 15) is 13.2 Å². The Bertz CT molecular complexity index is 356. The number of nitrogens with zero attached hydrogens (tertiary/aromatic N) is 1. The number of pyridine rings is 1. The largest absolute Gasteiger partial charge is 0.433 e. The van der Waals surface area contributed by atoms with Crippen LogP contribution in [0.1, 0.15) is 18.2 Å². The molecule has 5 heteroatoms. The summed E-state index contributed by atoms with van der Waals surface area (Å²) in [6.45, 7) is 1.68. The molecule has 0 saturated carbocycles. The van der Waals surface area contributed by atoms with Gasteiger partial charge in [-0.25, -0.2) is 0 Å². The van der Waals surface area contributed by atoms with Crippen LogP contribution in [0.15, 0.2) is 24.4 Å². The van der Waals surface area contributed by atoms with Gasteiger partial charge in [-0.05, 0) is 13.0 Å². The first kappa shape index (κ1) is 11.7. The van der Waals surface area contributed by atoms with Crippen molar-refractivity contribution in [3.63, 3.8) is 0 Å². The van der Waals surface area contributed by atoms with E-state index in [0.717, 1.165) is 6.20 Å². The molecule has 1 rings (SSSR count). The maximum atomic E-state index is 12.4. The molecule has 0 aliphatic heterocycles. The molecule has 0 aliphatic carbocycles. The Morgan fingerprint density at radius 2 is 2.13 bits per heavy atom. The van der Waals surface area contributed by atoms with Crippen molar-refractivity contribution >= 4 is 6.08 Å². The third-order valence-corrected chi connectivity index (χ3v) is 1.69.